The fourth-order valence-corrected chi connectivity index (χ4v) is 4.80. The topological polar surface area (TPSA) is 64.8 Å². The maximum atomic E-state index is 12.8. The smallest absolute Gasteiger partial charge is 0.271 e. The second kappa shape index (κ2) is 12.5. The van der Waals surface area contributed by atoms with E-state index in [0.29, 0.717) is 39.3 Å². The first kappa shape index (κ1) is 27.8. The molecule has 0 saturated carbocycles. The van der Waals surface area contributed by atoms with Gasteiger partial charge in [0.15, 0.2) is 11.5 Å². The third-order valence-corrected chi connectivity index (χ3v) is 7.04. The number of carbonyl (C=O) groups excluding carboxylic acids is 1. The second-order valence-electron chi connectivity index (χ2n) is 8.48. The van der Waals surface area contributed by atoms with Crippen molar-refractivity contribution in [3.05, 3.63) is 109 Å². The maximum Gasteiger partial charge on any atom is 0.271 e. The molecule has 0 unspecified atom stereocenters. The monoisotopic (exact) mass is 613 g/mol. The highest BCUT2D eigenvalue weighted by atomic mass is 79.9. The highest BCUT2D eigenvalue weighted by Crippen LogP contribution is 2.34. The summed E-state index contributed by atoms with van der Waals surface area (Å²) in [5.41, 5.74) is 7.72. The van der Waals surface area contributed by atoms with Crippen LogP contribution >= 0.6 is 39.1 Å². The number of hydrazone groups is 1. The Hall–Kier alpha value is -3.26. The van der Waals surface area contributed by atoms with Gasteiger partial charge in [0.25, 0.3) is 5.91 Å². The largest absolute Gasteiger partial charge is 0.490 e. The third kappa shape index (κ3) is 6.59. The van der Waals surface area contributed by atoms with Crippen LogP contribution in [0.25, 0.3) is 5.69 Å². The van der Waals surface area contributed by atoms with Crippen LogP contribution in [0.5, 0.6) is 11.5 Å². The number of aryl methyl sites for hydroxylation is 2. The van der Waals surface area contributed by atoms with Crippen molar-refractivity contribution in [2.24, 2.45) is 5.10 Å². The number of aromatic nitrogens is 1. The Labute approximate surface area is 240 Å². The quantitative estimate of drug-likeness (QED) is 0.154. The van der Waals surface area contributed by atoms with Crippen LogP contribution in [-0.4, -0.2) is 23.3 Å². The molecule has 0 radical (unpaired) electrons. The van der Waals surface area contributed by atoms with Gasteiger partial charge in [-0.05, 0) is 91.3 Å². The number of nitrogens with one attached hydrogen (secondary N) is 1. The number of benzene rings is 3. The molecule has 0 saturated heterocycles. The first-order chi connectivity index (χ1) is 18.3. The van der Waals surface area contributed by atoms with Crippen molar-refractivity contribution < 1.29 is 14.3 Å². The van der Waals surface area contributed by atoms with Gasteiger partial charge in [-0.2, -0.15) is 5.10 Å². The SMILES string of the molecule is CCOc1cc(/C=N\NC(=O)c2cccc(-n3c(C)ccc3C)c2)c(Br)cc1OCc1ccc(Cl)cc1Cl. The molecule has 0 aliphatic rings. The van der Waals surface area contributed by atoms with Gasteiger partial charge in [0.1, 0.15) is 6.61 Å². The molecular formula is C29H26BrCl2N3O3. The van der Waals surface area contributed by atoms with Gasteiger partial charge in [0.2, 0.25) is 0 Å². The Morgan fingerprint density at radius 3 is 2.45 bits per heavy atom. The molecule has 9 heteroatoms. The molecule has 4 rings (SSSR count). The van der Waals surface area contributed by atoms with Gasteiger partial charge in [0.05, 0.1) is 12.8 Å². The van der Waals surface area contributed by atoms with E-state index in [0.717, 1.165) is 27.1 Å². The standard InChI is InChI=1S/C29H26BrCl2N3O3/c1-4-37-27-13-22(25(30)15-28(27)38-17-21-10-11-23(31)14-26(21)32)16-33-34-29(36)20-6-5-7-24(12-20)35-18(2)8-9-19(35)3/h5-16H,4,17H2,1-3H3,(H,34,36)/b33-16-. The van der Waals surface area contributed by atoms with E-state index in [1.165, 1.54) is 0 Å². The predicted octanol–water partition coefficient (Wildman–Crippen LogP) is 7.91. The zero-order valence-electron chi connectivity index (χ0n) is 21.1. The first-order valence-corrected chi connectivity index (χ1v) is 13.4. The molecule has 1 heterocycles. The zero-order chi connectivity index (χ0) is 27.2. The van der Waals surface area contributed by atoms with Gasteiger partial charge >= 0.3 is 0 Å². The summed E-state index contributed by atoms with van der Waals surface area (Å²) in [5.74, 6) is 0.767. The summed E-state index contributed by atoms with van der Waals surface area (Å²) in [6.45, 7) is 6.64. The van der Waals surface area contributed by atoms with Gasteiger partial charge in [-0.25, -0.2) is 5.43 Å². The summed E-state index contributed by atoms with van der Waals surface area (Å²) in [7, 11) is 0. The summed E-state index contributed by atoms with van der Waals surface area (Å²) in [5, 5.41) is 5.25. The molecule has 1 N–H and O–H groups in total. The summed E-state index contributed by atoms with van der Waals surface area (Å²) >= 11 is 15.8. The van der Waals surface area contributed by atoms with Crippen LogP contribution in [0, 0.1) is 13.8 Å². The Kier molecular flexibility index (Phi) is 9.15. The Morgan fingerprint density at radius 2 is 1.74 bits per heavy atom. The van der Waals surface area contributed by atoms with Crippen LogP contribution in [-0.2, 0) is 6.61 Å². The minimum Gasteiger partial charge on any atom is -0.490 e. The lowest BCUT2D eigenvalue weighted by molar-refractivity contribution is 0.0955. The van der Waals surface area contributed by atoms with Gasteiger partial charge in [-0.1, -0.05) is 35.3 Å². The number of rotatable bonds is 9. The Bertz CT molecular complexity index is 1480. The molecule has 0 atom stereocenters. The number of amides is 1. The molecule has 0 bridgehead atoms. The van der Waals surface area contributed by atoms with Gasteiger partial charge in [0, 0.05) is 48.3 Å². The number of halogens is 3. The molecule has 4 aromatic rings. The lowest BCUT2D eigenvalue weighted by Crippen LogP contribution is -2.18. The first-order valence-electron chi connectivity index (χ1n) is 11.9. The van der Waals surface area contributed by atoms with Crippen molar-refractivity contribution in [2.45, 2.75) is 27.4 Å². The molecule has 38 heavy (non-hydrogen) atoms. The van der Waals surface area contributed by atoms with E-state index in [-0.39, 0.29) is 12.5 Å². The minimum absolute atomic E-state index is 0.243. The van der Waals surface area contributed by atoms with E-state index in [1.807, 2.05) is 57.2 Å². The average Bonchev–Trinajstić information content (AvgIpc) is 3.23. The molecular weight excluding hydrogens is 589 g/mol. The Balaban J connectivity index is 1.47. The highest BCUT2D eigenvalue weighted by Gasteiger charge is 2.13. The highest BCUT2D eigenvalue weighted by molar-refractivity contribution is 9.10. The lowest BCUT2D eigenvalue weighted by Gasteiger charge is -2.14. The van der Waals surface area contributed by atoms with Crippen LogP contribution in [0.3, 0.4) is 0 Å². The van der Waals surface area contributed by atoms with E-state index in [4.69, 9.17) is 32.7 Å². The van der Waals surface area contributed by atoms with Crippen LogP contribution in [0.1, 0.15) is 39.8 Å². The molecule has 1 aromatic heterocycles. The van der Waals surface area contributed by atoms with Crippen molar-refractivity contribution in [1.29, 1.82) is 0 Å². The summed E-state index contributed by atoms with van der Waals surface area (Å²) in [4.78, 5) is 12.8. The molecule has 1 amide bonds. The van der Waals surface area contributed by atoms with E-state index >= 15 is 0 Å². The van der Waals surface area contributed by atoms with Gasteiger partial charge < -0.3 is 14.0 Å². The van der Waals surface area contributed by atoms with Crippen molar-refractivity contribution in [2.75, 3.05) is 6.61 Å². The number of carbonyl (C=O) groups is 1. The minimum atomic E-state index is -0.313. The maximum absolute atomic E-state index is 12.8. The van der Waals surface area contributed by atoms with Crippen LogP contribution < -0.4 is 14.9 Å². The number of hydrogen-bond donors (Lipinski definition) is 1. The van der Waals surface area contributed by atoms with Crippen molar-refractivity contribution in [3.63, 3.8) is 0 Å². The van der Waals surface area contributed by atoms with E-state index in [9.17, 15) is 4.79 Å². The summed E-state index contributed by atoms with van der Waals surface area (Å²) < 4.78 is 14.6. The summed E-state index contributed by atoms with van der Waals surface area (Å²) in [6, 6.07) is 20.4. The van der Waals surface area contributed by atoms with Crippen molar-refractivity contribution in [3.8, 4) is 17.2 Å². The normalized spacial score (nSPS) is 11.1. The molecule has 6 nitrogen and oxygen atoms in total. The number of ether oxygens (including phenoxy) is 2. The zero-order valence-corrected chi connectivity index (χ0v) is 24.2. The lowest BCUT2D eigenvalue weighted by atomic mass is 10.2. The molecule has 0 aliphatic heterocycles. The van der Waals surface area contributed by atoms with Crippen LogP contribution in [0.4, 0.5) is 0 Å². The predicted molar refractivity (Wildman–Crippen MR) is 156 cm³/mol. The second-order valence-corrected chi connectivity index (χ2v) is 10.2. The molecule has 3 aromatic carbocycles. The Morgan fingerprint density at radius 1 is 1.00 bits per heavy atom. The molecule has 196 valence electrons. The van der Waals surface area contributed by atoms with E-state index < -0.39 is 0 Å². The molecule has 0 fully saturated rings. The van der Waals surface area contributed by atoms with Crippen molar-refractivity contribution in [1.82, 2.24) is 9.99 Å². The fourth-order valence-electron chi connectivity index (χ4n) is 3.91. The third-order valence-electron chi connectivity index (χ3n) is 5.77. The van der Waals surface area contributed by atoms with E-state index in [1.54, 1.807) is 36.5 Å². The van der Waals surface area contributed by atoms with Crippen molar-refractivity contribution >= 4 is 51.3 Å². The van der Waals surface area contributed by atoms with Crippen LogP contribution in [0.2, 0.25) is 10.0 Å². The van der Waals surface area contributed by atoms with Gasteiger partial charge in [-0.3, -0.25) is 4.79 Å². The molecule has 0 aliphatic carbocycles. The average molecular weight is 615 g/mol. The molecule has 0 spiro atoms. The van der Waals surface area contributed by atoms with Crippen LogP contribution in [0.15, 0.2) is 76.3 Å². The fraction of sp³-hybridized carbons (Fsp3) is 0.172. The van der Waals surface area contributed by atoms with E-state index in [2.05, 4.69) is 31.0 Å². The summed E-state index contributed by atoms with van der Waals surface area (Å²) in [6.07, 6.45) is 1.55. The number of nitrogens with zero attached hydrogens (tertiary/aromatic N) is 2. The number of hydrogen-bond acceptors (Lipinski definition) is 4. The van der Waals surface area contributed by atoms with Gasteiger partial charge in [-0.15, -0.1) is 0 Å².